The summed E-state index contributed by atoms with van der Waals surface area (Å²) >= 11 is 0. The quantitative estimate of drug-likeness (QED) is 0.191. The average molecular weight is 740 g/mol. The van der Waals surface area contributed by atoms with Crippen molar-refractivity contribution in [2.75, 3.05) is 0 Å². The van der Waals surface area contributed by atoms with Gasteiger partial charge in [-0.15, -0.1) is 0 Å². The summed E-state index contributed by atoms with van der Waals surface area (Å²) in [6, 6.07) is 72.9. The van der Waals surface area contributed by atoms with E-state index in [1.807, 2.05) is 0 Å². The van der Waals surface area contributed by atoms with Crippen LogP contribution >= 0.6 is 0 Å². The van der Waals surface area contributed by atoms with Gasteiger partial charge in [0.05, 0.1) is 28.5 Å². The Balaban J connectivity index is 1.09. The van der Waals surface area contributed by atoms with Gasteiger partial charge in [0.2, 0.25) is 0 Å². The van der Waals surface area contributed by atoms with Crippen molar-refractivity contribution in [2.24, 2.45) is 4.99 Å². The highest BCUT2D eigenvalue weighted by atomic mass is 15.1. The molecule has 3 heterocycles. The summed E-state index contributed by atoms with van der Waals surface area (Å²) in [5.41, 5.74) is 15.5. The van der Waals surface area contributed by atoms with Gasteiger partial charge in [-0.3, -0.25) is 0 Å². The second-order valence-corrected chi connectivity index (χ2v) is 15.6. The highest BCUT2D eigenvalue weighted by Gasteiger charge is 2.32. The molecule has 2 aliphatic heterocycles. The van der Waals surface area contributed by atoms with E-state index in [0.717, 1.165) is 29.1 Å². The second kappa shape index (κ2) is 13.0. The van der Waals surface area contributed by atoms with E-state index in [1.54, 1.807) is 0 Å². The van der Waals surface area contributed by atoms with Crippen LogP contribution in [0.2, 0.25) is 0 Å². The third-order valence-electron chi connectivity index (χ3n) is 12.2. The normalized spacial score (nSPS) is 14.8. The molecule has 2 bridgehead atoms. The van der Waals surface area contributed by atoms with Crippen LogP contribution in [0.15, 0.2) is 211 Å². The summed E-state index contributed by atoms with van der Waals surface area (Å²) in [6.45, 7) is 0. The van der Waals surface area contributed by atoms with Crippen LogP contribution in [0, 0.1) is 0 Å². The lowest BCUT2D eigenvalue weighted by molar-refractivity contribution is 0.710. The molecular formula is C55H37N3. The summed E-state index contributed by atoms with van der Waals surface area (Å²) < 4.78 is 2.53. The van der Waals surface area contributed by atoms with E-state index in [-0.39, 0.29) is 6.04 Å². The van der Waals surface area contributed by atoms with Crippen LogP contribution in [-0.2, 0) is 6.42 Å². The van der Waals surface area contributed by atoms with Gasteiger partial charge in [0, 0.05) is 27.5 Å². The smallest absolute Gasteiger partial charge is 0.134 e. The number of fused-ring (bicyclic) bond motifs is 10. The van der Waals surface area contributed by atoms with Crippen LogP contribution in [0.3, 0.4) is 0 Å². The van der Waals surface area contributed by atoms with Gasteiger partial charge < -0.3 is 9.88 Å². The number of rotatable bonds is 4. The lowest BCUT2D eigenvalue weighted by Crippen LogP contribution is -2.35. The zero-order chi connectivity index (χ0) is 38.2. The topological polar surface area (TPSA) is 29.3 Å². The number of para-hydroxylation sites is 1. The van der Waals surface area contributed by atoms with Gasteiger partial charge in [-0.25, -0.2) is 4.99 Å². The van der Waals surface area contributed by atoms with Crippen LogP contribution in [0.5, 0.6) is 0 Å². The molecule has 9 aromatic carbocycles. The first kappa shape index (κ1) is 32.7. The number of nitrogens with one attached hydrogen (secondary N) is 1. The minimum Gasteiger partial charge on any atom is -0.359 e. The molecule has 0 radical (unpaired) electrons. The molecule has 1 atom stereocenters. The Kier molecular flexibility index (Phi) is 7.36. The molecular weight excluding hydrogens is 703 g/mol. The Morgan fingerprint density at radius 2 is 1.12 bits per heavy atom. The van der Waals surface area contributed by atoms with Crippen molar-refractivity contribution in [3.05, 3.63) is 228 Å². The van der Waals surface area contributed by atoms with Crippen LogP contribution in [0.25, 0.3) is 77.0 Å². The summed E-state index contributed by atoms with van der Waals surface area (Å²) in [5.74, 6) is 0.877. The average Bonchev–Trinajstić information content (AvgIpc) is 3.62. The van der Waals surface area contributed by atoms with Gasteiger partial charge >= 0.3 is 0 Å². The van der Waals surface area contributed by atoms with E-state index in [9.17, 15) is 0 Å². The highest BCUT2D eigenvalue weighted by Crippen LogP contribution is 2.47. The molecule has 1 unspecified atom stereocenters. The van der Waals surface area contributed by atoms with Crippen molar-refractivity contribution in [3.63, 3.8) is 0 Å². The lowest BCUT2D eigenvalue weighted by atomic mass is 9.87. The number of hydrogen-bond donors (Lipinski definition) is 1. The molecule has 1 N–H and O–H groups in total. The maximum atomic E-state index is 5.53. The summed E-state index contributed by atoms with van der Waals surface area (Å²) in [4.78, 5) is 5.53. The van der Waals surface area contributed by atoms with Crippen molar-refractivity contribution in [2.45, 2.75) is 12.5 Å². The fourth-order valence-corrected chi connectivity index (χ4v) is 9.54. The Morgan fingerprint density at radius 1 is 0.466 bits per heavy atom. The molecule has 272 valence electrons. The van der Waals surface area contributed by atoms with E-state index in [0.29, 0.717) is 0 Å². The van der Waals surface area contributed by atoms with Gasteiger partial charge in [-0.05, 0) is 91.7 Å². The Labute approximate surface area is 336 Å². The van der Waals surface area contributed by atoms with Crippen LogP contribution in [-0.4, -0.2) is 10.4 Å². The minimum atomic E-state index is -0.133. The molecule has 58 heavy (non-hydrogen) atoms. The number of aliphatic imine (C=N–C) groups is 1. The van der Waals surface area contributed by atoms with Gasteiger partial charge in [0.1, 0.15) is 5.84 Å². The first-order valence-electron chi connectivity index (χ1n) is 20.1. The molecule has 10 aromatic rings. The maximum Gasteiger partial charge on any atom is 0.134 e. The molecule has 1 aromatic heterocycles. The zero-order valence-electron chi connectivity index (χ0n) is 31.7. The van der Waals surface area contributed by atoms with Crippen molar-refractivity contribution in [1.29, 1.82) is 0 Å². The SMILES string of the molecule is c1ccc(C2=C3Cc4ccc5c6c(-c7ccccc7)c7ccccc7cc6n(c5c4)-c4ccccc4C3NC(c3ccc4cc(-c5ccccc5)ccc4c3)=N2)cc1. The zero-order valence-corrected chi connectivity index (χ0v) is 31.7. The number of benzene rings is 9. The lowest BCUT2D eigenvalue weighted by Gasteiger charge is -2.32. The predicted octanol–water partition coefficient (Wildman–Crippen LogP) is 13.5. The summed E-state index contributed by atoms with van der Waals surface area (Å²) in [5, 5.41) is 11.5. The van der Waals surface area contributed by atoms with Gasteiger partial charge in [0.25, 0.3) is 0 Å². The van der Waals surface area contributed by atoms with E-state index in [1.165, 1.54) is 88.0 Å². The number of hydrogen-bond acceptors (Lipinski definition) is 2. The molecule has 0 amide bonds. The molecule has 0 fully saturated rings. The predicted molar refractivity (Wildman–Crippen MR) is 243 cm³/mol. The third kappa shape index (κ3) is 5.17. The summed E-state index contributed by atoms with van der Waals surface area (Å²) in [7, 11) is 0. The van der Waals surface area contributed by atoms with Crippen LogP contribution in [0.1, 0.15) is 28.3 Å². The van der Waals surface area contributed by atoms with Gasteiger partial charge in [-0.2, -0.15) is 0 Å². The fraction of sp³-hybridized carbons (Fsp3) is 0.0364. The van der Waals surface area contributed by atoms with Crippen molar-refractivity contribution < 1.29 is 0 Å². The molecule has 2 aliphatic rings. The van der Waals surface area contributed by atoms with E-state index in [2.05, 4.69) is 210 Å². The maximum absolute atomic E-state index is 5.53. The van der Waals surface area contributed by atoms with Crippen LogP contribution in [0.4, 0.5) is 0 Å². The first-order chi connectivity index (χ1) is 28.7. The monoisotopic (exact) mass is 739 g/mol. The van der Waals surface area contributed by atoms with Crippen molar-refractivity contribution in [3.8, 4) is 27.9 Å². The standard InChI is InChI=1S/C55H37N3/c1-4-14-36(15-5-1)39-25-26-41-33-43(28-27-40(41)32-39)55-56-53(38-18-8-3-9-19-38)47-30-35-24-29-45-49(31-35)58(48-23-13-12-22-46(48)54(47)57-55)50-34-42-20-10-11-21-44(42)51(52(45)50)37-16-6-2-7-17-37/h1-29,31-34,54H,30H2,(H,56,57). The highest BCUT2D eigenvalue weighted by molar-refractivity contribution is 6.23. The second-order valence-electron chi connectivity index (χ2n) is 15.6. The molecule has 0 aliphatic carbocycles. The van der Waals surface area contributed by atoms with Gasteiger partial charge in [-0.1, -0.05) is 170 Å². The Morgan fingerprint density at radius 3 is 1.91 bits per heavy atom. The Bertz CT molecular complexity index is 3320. The fourth-order valence-electron chi connectivity index (χ4n) is 9.54. The molecule has 12 rings (SSSR count). The van der Waals surface area contributed by atoms with E-state index in [4.69, 9.17) is 4.99 Å². The van der Waals surface area contributed by atoms with E-state index >= 15 is 0 Å². The van der Waals surface area contributed by atoms with E-state index < -0.39 is 0 Å². The third-order valence-corrected chi connectivity index (χ3v) is 12.2. The molecule has 0 saturated heterocycles. The largest absolute Gasteiger partial charge is 0.359 e. The number of amidine groups is 1. The summed E-state index contributed by atoms with van der Waals surface area (Å²) in [6.07, 6.45) is 0.762. The molecule has 3 nitrogen and oxygen atoms in total. The Hall–Kier alpha value is -7.49. The number of nitrogens with zero attached hydrogens (tertiary/aromatic N) is 2. The molecule has 3 heteroatoms. The van der Waals surface area contributed by atoms with Crippen LogP contribution < -0.4 is 5.32 Å². The van der Waals surface area contributed by atoms with Gasteiger partial charge in [0.15, 0.2) is 0 Å². The minimum absolute atomic E-state index is 0.133. The number of aromatic nitrogens is 1. The van der Waals surface area contributed by atoms with Crippen molar-refractivity contribution >= 4 is 54.9 Å². The molecule has 0 saturated carbocycles. The first-order valence-corrected chi connectivity index (χ1v) is 20.1. The van der Waals surface area contributed by atoms with Crippen molar-refractivity contribution in [1.82, 2.24) is 9.88 Å². The molecule has 0 spiro atoms.